The number of hydrogen-bond donors (Lipinski definition) is 2. The maximum Gasteiger partial charge on any atom is 0.242 e. The zero-order valence-corrected chi connectivity index (χ0v) is 42.0. The van der Waals surface area contributed by atoms with Crippen molar-refractivity contribution in [1.82, 2.24) is 0 Å². The largest absolute Gasteiger partial charge is 0.326 e. The quantitative estimate of drug-likeness (QED) is 0.112. The molecule has 0 radical (unpaired) electrons. The van der Waals surface area contributed by atoms with Gasteiger partial charge in [-0.2, -0.15) is 0 Å². The Hall–Kier alpha value is -4.71. The highest BCUT2D eigenvalue weighted by molar-refractivity contribution is 9.11. The van der Waals surface area contributed by atoms with Gasteiger partial charge in [-0.3, -0.25) is 0 Å². The normalized spacial score (nSPS) is 10.0. The van der Waals surface area contributed by atoms with Crippen LogP contribution in [0.15, 0.2) is 227 Å². The summed E-state index contributed by atoms with van der Waals surface area (Å²) in [6.07, 6.45) is 1.12. The van der Waals surface area contributed by atoms with E-state index < -0.39 is 9.84 Å². The summed E-state index contributed by atoms with van der Waals surface area (Å²) in [4.78, 5) is 8.15. The molecule has 4 nitrogen and oxygen atoms in total. The fourth-order valence-corrected chi connectivity index (χ4v) is 11.9. The number of aryl methyl sites for hydroxylation is 1. The first kappa shape index (κ1) is 55.6. The maximum absolute atomic E-state index is 12.6. The molecule has 66 heavy (non-hydrogen) atoms. The van der Waals surface area contributed by atoms with Crippen LogP contribution in [0, 0.1) is 6.57 Å². The SMILES string of the molecule is C.C.CCc1ccc(Sc2ccc(-c3ccccc3)cc2)s1.Cl.NCc1ccc(S(=O)(=O)c2ccc(-c3ccccc3)cc2)s1.Sc1ccc(-c2ccccc2)cc1.[C-]#[N+]c1ccc(Br)s1. The molecule has 12 heteroatoms. The summed E-state index contributed by atoms with van der Waals surface area (Å²) in [5, 5.41) is 0.733. The number of nitrogens with zero attached hydrogens (tertiary/aromatic N) is 1. The zero-order valence-electron chi connectivity index (χ0n) is 34.6. The summed E-state index contributed by atoms with van der Waals surface area (Å²) < 4.78 is 27.9. The molecule has 3 heterocycles. The zero-order chi connectivity index (χ0) is 44.4. The van der Waals surface area contributed by atoms with Gasteiger partial charge in [0, 0.05) is 26.1 Å². The highest BCUT2D eigenvalue weighted by Crippen LogP contribution is 2.35. The van der Waals surface area contributed by atoms with E-state index in [1.165, 1.54) is 58.9 Å². The second kappa shape index (κ2) is 28.5. The van der Waals surface area contributed by atoms with Crippen molar-refractivity contribution in [3.8, 4) is 33.4 Å². The van der Waals surface area contributed by atoms with Gasteiger partial charge in [0.15, 0.2) is 0 Å². The summed E-state index contributed by atoms with van der Waals surface area (Å²) in [7, 11) is -3.46. The minimum Gasteiger partial charge on any atom is -0.326 e. The van der Waals surface area contributed by atoms with Crippen LogP contribution < -0.4 is 5.73 Å². The summed E-state index contributed by atoms with van der Waals surface area (Å²) in [5.41, 5.74) is 12.6. The molecule has 6 aromatic carbocycles. The Morgan fingerprint density at radius 1 is 0.576 bits per heavy atom. The van der Waals surface area contributed by atoms with Crippen molar-refractivity contribution in [2.45, 2.75) is 57.8 Å². The standard InChI is InChI=1S/C18H16S2.C17H15NO2S2.C12H10S.C5H2BrNS.2CH4.ClH/c1-2-16-12-13-18(19-16)20-17-10-8-15(9-11-17)14-6-4-3-5-7-14;18-12-15-8-11-17(21-15)22(19,20)16-9-6-14(7-10-16)13-4-2-1-3-5-13;13-12-8-6-11(7-9-12)10-4-2-1-3-5-10;1-7-5-3-2-4(6)8-5;;;/h3-13H,2H2,1H3;1-11H,12,18H2;1-9,13H;2-3H;2*1H4;1H. The lowest BCUT2D eigenvalue weighted by Gasteiger charge is -2.05. The van der Waals surface area contributed by atoms with E-state index in [-0.39, 0.29) is 27.3 Å². The monoisotopic (exact) mass is 1070 g/mol. The van der Waals surface area contributed by atoms with E-state index in [4.69, 9.17) is 12.3 Å². The van der Waals surface area contributed by atoms with Crippen LogP contribution in [0.5, 0.6) is 0 Å². The predicted octanol–water partition coefficient (Wildman–Crippen LogP) is 18.2. The fraction of sp³-hybridized carbons (Fsp3) is 0.0926. The number of nitrogens with two attached hydrogens (primary N) is 1. The lowest BCUT2D eigenvalue weighted by Crippen LogP contribution is -1.99. The van der Waals surface area contributed by atoms with E-state index >= 15 is 0 Å². The number of thiophene rings is 3. The molecular weight excluding hydrogens is 1020 g/mol. The molecule has 0 bridgehead atoms. The minimum absolute atomic E-state index is 0. The Morgan fingerprint density at radius 2 is 1.03 bits per heavy atom. The molecule has 0 aliphatic rings. The molecule has 3 aromatic heterocycles. The Labute approximate surface area is 428 Å². The Kier molecular flexibility index (Phi) is 24.0. The summed E-state index contributed by atoms with van der Waals surface area (Å²) in [6.45, 7) is 9.13. The van der Waals surface area contributed by atoms with Crippen LogP contribution in [-0.4, -0.2) is 8.42 Å². The third-order valence-corrected chi connectivity index (χ3v) is 16.7. The van der Waals surface area contributed by atoms with Gasteiger partial charge in [0.1, 0.15) is 4.21 Å². The summed E-state index contributed by atoms with van der Waals surface area (Å²) in [5.74, 6) is 0. The predicted molar refractivity (Wildman–Crippen MR) is 297 cm³/mol. The van der Waals surface area contributed by atoms with Crippen molar-refractivity contribution in [1.29, 1.82) is 0 Å². The van der Waals surface area contributed by atoms with Crippen LogP contribution in [0.3, 0.4) is 0 Å². The van der Waals surface area contributed by atoms with Crippen LogP contribution in [-0.2, 0) is 22.8 Å². The smallest absolute Gasteiger partial charge is 0.242 e. The Balaban J connectivity index is 0.000000242. The molecule has 0 spiro atoms. The fourth-order valence-electron chi connectivity index (χ4n) is 5.90. The van der Waals surface area contributed by atoms with Crippen molar-refractivity contribution in [3.05, 3.63) is 225 Å². The molecule has 0 unspecified atom stereocenters. The first-order valence-corrected chi connectivity index (χ1v) is 25.7. The number of rotatable bonds is 9. The molecular formula is C54H52BrClN2O2S6. The summed E-state index contributed by atoms with van der Waals surface area (Å²) >= 11 is 13.9. The van der Waals surface area contributed by atoms with Gasteiger partial charge in [0.25, 0.3) is 0 Å². The van der Waals surface area contributed by atoms with Crippen molar-refractivity contribution in [2.24, 2.45) is 5.73 Å². The van der Waals surface area contributed by atoms with Gasteiger partial charge >= 0.3 is 0 Å². The molecule has 0 aliphatic heterocycles. The van der Waals surface area contributed by atoms with Gasteiger partial charge in [-0.1, -0.05) is 161 Å². The van der Waals surface area contributed by atoms with Crippen LogP contribution >= 0.6 is 86.7 Å². The number of hydrogen-bond acceptors (Lipinski definition) is 8. The van der Waals surface area contributed by atoms with Gasteiger partial charge in [0.05, 0.1) is 19.5 Å². The third-order valence-electron chi connectivity index (χ3n) is 9.18. The van der Waals surface area contributed by atoms with Crippen LogP contribution in [0.2, 0.25) is 0 Å². The maximum atomic E-state index is 12.6. The first-order valence-electron chi connectivity index (χ1n) is 19.7. The molecule has 0 atom stereocenters. The number of thiol groups is 1. The van der Waals surface area contributed by atoms with Crippen LogP contribution in [0.4, 0.5) is 5.00 Å². The van der Waals surface area contributed by atoms with Gasteiger partial charge in [-0.25, -0.2) is 13.3 Å². The Bertz CT molecular complexity index is 2910. The van der Waals surface area contributed by atoms with Crippen LogP contribution in [0.1, 0.15) is 31.5 Å². The van der Waals surface area contributed by atoms with E-state index in [9.17, 15) is 8.42 Å². The van der Waals surface area contributed by atoms with E-state index in [1.54, 1.807) is 30.3 Å². The second-order valence-electron chi connectivity index (χ2n) is 13.5. The Morgan fingerprint density at radius 3 is 1.42 bits per heavy atom. The molecule has 2 N–H and O–H groups in total. The molecule has 0 aliphatic carbocycles. The molecule has 0 fully saturated rings. The number of benzene rings is 6. The molecule has 0 amide bonds. The van der Waals surface area contributed by atoms with Gasteiger partial charge < -0.3 is 5.73 Å². The van der Waals surface area contributed by atoms with Crippen molar-refractivity contribution in [2.75, 3.05) is 0 Å². The van der Waals surface area contributed by atoms with Crippen LogP contribution in [0.25, 0.3) is 38.2 Å². The highest BCUT2D eigenvalue weighted by atomic mass is 79.9. The van der Waals surface area contributed by atoms with Gasteiger partial charge in [-0.05, 0) is 129 Å². The van der Waals surface area contributed by atoms with Crippen molar-refractivity contribution in [3.63, 3.8) is 0 Å². The molecule has 340 valence electrons. The lowest BCUT2D eigenvalue weighted by atomic mass is 10.1. The average molecular weight is 1070 g/mol. The van der Waals surface area contributed by atoms with E-state index in [0.717, 1.165) is 36.1 Å². The first-order chi connectivity index (χ1) is 30.6. The van der Waals surface area contributed by atoms with Gasteiger partial charge in [0.2, 0.25) is 14.8 Å². The third kappa shape index (κ3) is 16.6. The number of halogens is 2. The molecule has 9 rings (SSSR count). The average Bonchev–Trinajstić information content (AvgIpc) is 4.13. The van der Waals surface area contributed by atoms with E-state index in [2.05, 4.69) is 131 Å². The number of sulfone groups is 1. The minimum atomic E-state index is -3.46. The summed E-state index contributed by atoms with van der Waals surface area (Å²) in [6, 6.07) is 66.1. The van der Waals surface area contributed by atoms with Gasteiger partial charge in [-0.15, -0.1) is 59.0 Å². The topological polar surface area (TPSA) is 64.5 Å². The molecule has 0 saturated heterocycles. The molecule has 0 saturated carbocycles. The second-order valence-corrected chi connectivity index (χ2v) is 22.3. The van der Waals surface area contributed by atoms with E-state index in [0.29, 0.717) is 15.6 Å². The highest BCUT2D eigenvalue weighted by Gasteiger charge is 2.20. The van der Waals surface area contributed by atoms with Crippen molar-refractivity contribution >= 4 is 102 Å². The lowest BCUT2D eigenvalue weighted by molar-refractivity contribution is 0.598. The van der Waals surface area contributed by atoms with E-state index in [1.807, 2.05) is 102 Å². The molecule has 9 aromatic rings. The van der Waals surface area contributed by atoms with Crippen molar-refractivity contribution < 1.29 is 8.42 Å².